The summed E-state index contributed by atoms with van der Waals surface area (Å²) in [5.74, 6) is -3.64. The number of hydrogen-bond donors (Lipinski definition) is 0. The maximum Gasteiger partial charge on any atom is 0.338 e. The van der Waals surface area contributed by atoms with E-state index in [4.69, 9.17) is 4.74 Å². The van der Waals surface area contributed by atoms with Gasteiger partial charge in [-0.05, 0) is 18.2 Å². The predicted molar refractivity (Wildman–Crippen MR) is 55.3 cm³/mol. The van der Waals surface area contributed by atoms with Crippen LogP contribution in [0.5, 0.6) is 0 Å². The lowest BCUT2D eigenvalue weighted by molar-refractivity contribution is 0.0302. The molecule has 0 N–H and O–H groups in total. The second kappa shape index (κ2) is 4.62. The Kier molecular flexibility index (Phi) is 3.31. The van der Waals surface area contributed by atoms with Gasteiger partial charge in [0.15, 0.2) is 11.6 Å². The second-order valence-electron chi connectivity index (χ2n) is 3.67. The minimum absolute atomic E-state index is 0.196. The van der Waals surface area contributed by atoms with Gasteiger partial charge in [0.25, 0.3) is 10.1 Å². The van der Waals surface area contributed by atoms with Crippen LogP contribution in [0.15, 0.2) is 18.2 Å². The van der Waals surface area contributed by atoms with E-state index in [1.165, 1.54) is 0 Å². The van der Waals surface area contributed by atoms with Gasteiger partial charge in [-0.1, -0.05) is 0 Å². The van der Waals surface area contributed by atoms with Gasteiger partial charge in [-0.15, -0.1) is 0 Å². The first-order valence-corrected chi connectivity index (χ1v) is 6.48. The molecule has 1 heterocycles. The van der Waals surface area contributed by atoms with Crippen molar-refractivity contribution in [3.8, 4) is 0 Å². The average Bonchev–Trinajstić information content (AvgIpc) is 2.62. The number of benzene rings is 1. The molecule has 1 aliphatic rings. The normalized spacial score (nSPS) is 21.8. The summed E-state index contributed by atoms with van der Waals surface area (Å²) in [5, 5.41) is 0. The van der Waals surface area contributed by atoms with Crippen molar-refractivity contribution in [2.75, 3.05) is 12.4 Å². The molecular weight excluding hydrogens is 270 g/mol. The van der Waals surface area contributed by atoms with Crippen LogP contribution in [-0.4, -0.2) is 32.9 Å². The maximum atomic E-state index is 12.9. The van der Waals surface area contributed by atoms with Crippen molar-refractivity contribution < 1.29 is 30.9 Å². The zero-order valence-corrected chi connectivity index (χ0v) is 9.75. The molecule has 18 heavy (non-hydrogen) atoms. The monoisotopic (exact) mass is 278 g/mol. The number of halogens is 2. The molecule has 1 aromatic carbocycles. The molecule has 98 valence electrons. The van der Waals surface area contributed by atoms with Crippen LogP contribution < -0.4 is 0 Å². The van der Waals surface area contributed by atoms with Crippen LogP contribution in [0.3, 0.4) is 0 Å². The van der Waals surface area contributed by atoms with Crippen LogP contribution in [-0.2, 0) is 19.0 Å². The quantitative estimate of drug-likeness (QED) is 0.592. The van der Waals surface area contributed by atoms with Gasteiger partial charge in [-0.2, -0.15) is 8.42 Å². The third kappa shape index (κ3) is 2.82. The third-order valence-corrected chi connectivity index (χ3v) is 3.53. The van der Waals surface area contributed by atoms with Crippen LogP contribution >= 0.6 is 0 Å². The van der Waals surface area contributed by atoms with E-state index in [1.807, 2.05) is 0 Å². The zero-order chi connectivity index (χ0) is 13.3. The fourth-order valence-electron chi connectivity index (χ4n) is 1.41. The summed E-state index contributed by atoms with van der Waals surface area (Å²) in [6.07, 6.45) is -0.935. The fourth-order valence-corrected chi connectivity index (χ4v) is 2.49. The number of rotatable bonds is 2. The van der Waals surface area contributed by atoms with E-state index < -0.39 is 39.6 Å². The van der Waals surface area contributed by atoms with Gasteiger partial charge in [0.1, 0.15) is 18.5 Å². The zero-order valence-electron chi connectivity index (χ0n) is 8.93. The largest absolute Gasteiger partial charge is 0.455 e. The molecular formula is C10H8F2O5S. The molecule has 0 bridgehead atoms. The Balaban J connectivity index is 2.06. The van der Waals surface area contributed by atoms with Gasteiger partial charge in [0.2, 0.25) is 0 Å². The van der Waals surface area contributed by atoms with E-state index in [0.29, 0.717) is 6.07 Å². The van der Waals surface area contributed by atoms with Crippen molar-refractivity contribution >= 4 is 16.1 Å². The topological polar surface area (TPSA) is 69.7 Å². The maximum absolute atomic E-state index is 12.9. The summed E-state index contributed by atoms with van der Waals surface area (Å²) in [5.41, 5.74) is -0.196. The fraction of sp³-hybridized carbons (Fsp3) is 0.300. The molecule has 1 fully saturated rings. The molecule has 0 aromatic heterocycles. The Hall–Kier alpha value is -1.54. The van der Waals surface area contributed by atoms with Crippen molar-refractivity contribution in [1.29, 1.82) is 0 Å². The minimum atomic E-state index is -3.65. The van der Waals surface area contributed by atoms with E-state index in [1.54, 1.807) is 0 Å². The molecule has 2 rings (SSSR count). The Morgan fingerprint density at radius 3 is 2.61 bits per heavy atom. The van der Waals surface area contributed by atoms with E-state index in [9.17, 15) is 22.0 Å². The van der Waals surface area contributed by atoms with E-state index in [-0.39, 0.29) is 12.2 Å². The molecule has 0 spiro atoms. The molecule has 1 aromatic rings. The summed E-state index contributed by atoms with van der Waals surface area (Å²) >= 11 is 0. The molecule has 1 atom stereocenters. The van der Waals surface area contributed by atoms with Crippen molar-refractivity contribution in [3.63, 3.8) is 0 Å². The standard InChI is InChI=1S/C10H8F2O5S/c11-8-2-1-6(3-9(8)12)10(13)17-7-4-16-18(14,15)5-7/h1-3,7H,4-5H2. The van der Waals surface area contributed by atoms with Crippen molar-refractivity contribution in [2.24, 2.45) is 0 Å². The van der Waals surface area contributed by atoms with Crippen LogP contribution in [0.25, 0.3) is 0 Å². The summed E-state index contributed by atoms with van der Waals surface area (Å²) in [4.78, 5) is 11.5. The number of ether oxygens (including phenoxy) is 1. The first-order valence-electron chi connectivity index (χ1n) is 4.90. The number of carbonyl (C=O) groups excluding carboxylic acids is 1. The van der Waals surface area contributed by atoms with Gasteiger partial charge in [-0.25, -0.2) is 13.6 Å². The summed E-state index contributed by atoms with van der Waals surface area (Å²) in [6.45, 7) is -0.266. The smallest absolute Gasteiger partial charge is 0.338 e. The van der Waals surface area contributed by atoms with Crippen LogP contribution in [0.2, 0.25) is 0 Å². The first kappa shape index (κ1) is 12.9. The van der Waals surface area contributed by atoms with Crippen LogP contribution in [0.1, 0.15) is 10.4 Å². The van der Waals surface area contributed by atoms with Gasteiger partial charge >= 0.3 is 5.97 Å². The Labute approximate surface area is 101 Å². The molecule has 0 amide bonds. The van der Waals surface area contributed by atoms with E-state index in [0.717, 1.165) is 12.1 Å². The van der Waals surface area contributed by atoms with Crippen molar-refractivity contribution in [2.45, 2.75) is 6.10 Å². The molecule has 0 radical (unpaired) electrons. The Morgan fingerprint density at radius 2 is 2.06 bits per heavy atom. The van der Waals surface area contributed by atoms with Crippen LogP contribution in [0, 0.1) is 11.6 Å². The Morgan fingerprint density at radius 1 is 1.33 bits per heavy atom. The van der Waals surface area contributed by atoms with E-state index in [2.05, 4.69) is 4.18 Å². The van der Waals surface area contributed by atoms with Gasteiger partial charge in [0, 0.05) is 0 Å². The number of carbonyl (C=O) groups is 1. The average molecular weight is 278 g/mol. The summed E-state index contributed by atoms with van der Waals surface area (Å²) in [6, 6.07) is 2.51. The molecule has 5 nitrogen and oxygen atoms in total. The van der Waals surface area contributed by atoms with Crippen molar-refractivity contribution in [3.05, 3.63) is 35.4 Å². The lowest BCUT2D eigenvalue weighted by Crippen LogP contribution is -2.21. The van der Waals surface area contributed by atoms with Gasteiger partial charge < -0.3 is 4.74 Å². The van der Waals surface area contributed by atoms with Gasteiger partial charge in [-0.3, -0.25) is 4.18 Å². The number of esters is 1. The SMILES string of the molecule is O=C(OC1COS(=O)(=O)C1)c1ccc(F)c(F)c1. The molecule has 0 aliphatic carbocycles. The first-order chi connectivity index (χ1) is 8.37. The predicted octanol–water partition coefficient (Wildman–Crippen LogP) is 0.850. The molecule has 1 unspecified atom stereocenters. The highest BCUT2D eigenvalue weighted by molar-refractivity contribution is 7.87. The highest BCUT2D eigenvalue weighted by Crippen LogP contribution is 2.15. The Bertz CT molecular complexity index is 584. The molecule has 1 aliphatic heterocycles. The summed E-state index contributed by atoms with van der Waals surface area (Å²) in [7, 11) is -3.65. The highest BCUT2D eigenvalue weighted by atomic mass is 32.2. The van der Waals surface area contributed by atoms with Gasteiger partial charge in [0.05, 0.1) is 5.56 Å². The molecule has 8 heteroatoms. The molecule has 1 saturated heterocycles. The second-order valence-corrected chi connectivity index (χ2v) is 5.35. The lowest BCUT2D eigenvalue weighted by atomic mass is 10.2. The van der Waals surface area contributed by atoms with E-state index >= 15 is 0 Å². The number of hydrogen-bond acceptors (Lipinski definition) is 5. The van der Waals surface area contributed by atoms with Crippen molar-refractivity contribution in [1.82, 2.24) is 0 Å². The lowest BCUT2D eigenvalue weighted by Gasteiger charge is -2.08. The minimum Gasteiger partial charge on any atom is -0.455 e. The highest BCUT2D eigenvalue weighted by Gasteiger charge is 2.32. The van der Waals surface area contributed by atoms with Crippen LogP contribution in [0.4, 0.5) is 8.78 Å². The molecule has 0 saturated carbocycles. The third-order valence-electron chi connectivity index (χ3n) is 2.25. The summed E-state index contributed by atoms with van der Waals surface area (Å²) < 4.78 is 56.6.